The van der Waals surface area contributed by atoms with Gasteiger partial charge in [0.2, 0.25) is 11.8 Å². The summed E-state index contributed by atoms with van der Waals surface area (Å²) < 4.78 is 2.22. The SMILES string of the molecule is CCCCCc1ccc2c3c(C(N)=O)cccc3n(Cc3ccc(C(N)=O)cc3)c2c1. The molecule has 0 bridgehead atoms. The van der Waals surface area contributed by atoms with Gasteiger partial charge in [0, 0.05) is 34.0 Å². The third kappa shape index (κ3) is 4.04. The van der Waals surface area contributed by atoms with Gasteiger partial charge in [-0.15, -0.1) is 0 Å². The lowest BCUT2D eigenvalue weighted by Crippen LogP contribution is -2.11. The number of nitrogens with two attached hydrogens (primary N) is 2. The van der Waals surface area contributed by atoms with Crippen molar-refractivity contribution in [3.63, 3.8) is 0 Å². The Hall–Kier alpha value is -3.60. The van der Waals surface area contributed by atoms with Crippen LogP contribution in [0, 0.1) is 0 Å². The Morgan fingerprint density at radius 3 is 2.26 bits per heavy atom. The number of rotatable bonds is 8. The molecule has 0 radical (unpaired) electrons. The highest BCUT2D eigenvalue weighted by Crippen LogP contribution is 2.33. The summed E-state index contributed by atoms with van der Waals surface area (Å²) in [6.45, 7) is 2.82. The molecule has 31 heavy (non-hydrogen) atoms. The van der Waals surface area contributed by atoms with Gasteiger partial charge in [0.1, 0.15) is 0 Å². The summed E-state index contributed by atoms with van der Waals surface area (Å²) in [4.78, 5) is 23.5. The van der Waals surface area contributed by atoms with E-state index >= 15 is 0 Å². The smallest absolute Gasteiger partial charge is 0.249 e. The number of aromatic nitrogens is 1. The molecule has 3 aromatic carbocycles. The van der Waals surface area contributed by atoms with E-state index in [0.29, 0.717) is 17.7 Å². The van der Waals surface area contributed by atoms with Crippen molar-refractivity contribution in [1.29, 1.82) is 0 Å². The van der Waals surface area contributed by atoms with Crippen LogP contribution in [-0.2, 0) is 13.0 Å². The minimum Gasteiger partial charge on any atom is -0.366 e. The summed E-state index contributed by atoms with van der Waals surface area (Å²) in [7, 11) is 0. The van der Waals surface area contributed by atoms with E-state index in [9.17, 15) is 9.59 Å². The molecule has 2 amide bonds. The molecular weight excluding hydrogens is 386 g/mol. The Labute approximate surface area is 181 Å². The van der Waals surface area contributed by atoms with E-state index in [2.05, 4.69) is 29.7 Å². The number of amides is 2. The van der Waals surface area contributed by atoms with Gasteiger partial charge in [0.05, 0.1) is 5.52 Å². The fourth-order valence-corrected chi connectivity index (χ4v) is 4.26. The minimum atomic E-state index is -0.439. The molecule has 4 aromatic rings. The number of primary amides is 2. The van der Waals surface area contributed by atoms with Crippen LogP contribution in [0.25, 0.3) is 21.8 Å². The number of hydrogen-bond donors (Lipinski definition) is 2. The van der Waals surface area contributed by atoms with Gasteiger partial charge < -0.3 is 16.0 Å². The van der Waals surface area contributed by atoms with Gasteiger partial charge in [-0.25, -0.2) is 0 Å². The van der Waals surface area contributed by atoms with Crippen LogP contribution in [0.2, 0.25) is 0 Å². The lowest BCUT2D eigenvalue weighted by atomic mass is 10.0. The molecule has 0 saturated heterocycles. The zero-order chi connectivity index (χ0) is 22.0. The van der Waals surface area contributed by atoms with Crippen molar-refractivity contribution in [3.05, 3.63) is 82.9 Å². The van der Waals surface area contributed by atoms with Crippen molar-refractivity contribution < 1.29 is 9.59 Å². The van der Waals surface area contributed by atoms with Crippen LogP contribution in [0.15, 0.2) is 60.7 Å². The first-order valence-electron chi connectivity index (χ1n) is 10.7. The van der Waals surface area contributed by atoms with E-state index in [1.165, 1.54) is 18.4 Å². The molecule has 5 heteroatoms. The Balaban J connectivity index is 1.87. The van der Waals surface area contributed by atoms with Crippen molar-refractivity contribution in [2.24, 2.45) is 11.5 Å². The molecule has 1 aromatic heterocycles. The fraction of sp³-hybridized carbons (Fsp3) is 0.231. The second kappa shape index (κ2) is 8.64. The molecule has 0 saturated carbocycles. The maximum atomic E-state index is 12.1. The molecule has 0 spiro atoms. The lowest BCUT2D eigenvalue weighted by molar-refractivity contribution is 0.0992. The molecule has 1 heterocycles. The highest BCUT2D eigenvalue weighted by molar-refractivity contribution is 6.18. The molecule has 0 unspecified atom stereocenters. The first-order chi connectivity index (χ1) is 15.0. The average molecular weight is 414 g/mol. The van der Waals surface area contributed by atoms with Crippen LogP contribution in [0.3, 0.4) is 0 Å². The summed E-state index contributed by atoms with van der Waals surface area (Å²) in [5.41, 5.74) is 16.5. The number of hydrogen-bond acceptors (Lipinski definition) is 2. The van der Waals surface area contributed by atoms with E-state index in [1.807, 2.05) is 24.3 Å². The van der Waals surface area contributed by atoms with Gasteiger partial charge in [-0.2, -0.15) is 0 Å². The van der Waals surface area contributed by atoms with Crippen LogP contribution in [0.5, 0.6) is 0 Å². The Kier molecular flexibility index (Phi) is 5.76. The zero-order valence-corrected chi connectivity index (χ0v) is 17.7. The topological polar surface area (TPSA) is 91.1 Å². The van der Waals surface area contributed by atoms with E-state index in [1.54, 1.807) is 18.2 Å². The quantitative estimate of drug-likeness (QED) is 0.407. The van der Waals surface area contributed by atoms with Gasteiger partial charge in [0.25, 0.3) is 0 Å². The van der Waals surface area contributed by atoms with Crippen LogP contribution in [-0.4, -0.2) is 16.4 Å². The van der Waals surface area contributed by atoms with Crippen molar-refractivity contribution in [2.75, 3.05) is 0 Å². The molecule has 0 atom stereocenters. The standard InChI is InChI=1S/C26H27N3O2/c1-2-3-4-6-17-11-14-20-23(15-17)29(16-18-9-12-19(13-10-18)25(27)30)22-8-5-7-21(24(20)22)26(28)31/h5,7-15H,2-4,6,16H2,1H3,(H2,27,30)(H2,28,31). The number of unbranched alkanes of at least 4 members (excludes halogenated alkanes) is 2. The molecule has 5 nitrogen and oxygen atoms in total. The summed E-state index contributed by atoms with van der Waals surface area (Å²) in [5, 5.41) is 1.91. The maximum absolute atomic E-state index is 12.1. The number of benzene rings is 3. The maximum Gasteiger partial charge on any atom is 0.249 e. The molecule has 0 aliphatic carbocycles. The van der Waals surface area contributed by atoms with Crippen LogP contribution in [0.1, 0.15) is 58.0 Å². The number of fused-ring (bicyclic) bond motifs is 3. The van der Waals surface area contributed by atoms with Crippen molar-refractivity contribution in [1.82, 2.24) is 4.57 Å². The van der Waals surface area contributed by atoms with Crippen LogP contribution in [0.4, 0.5) is 0 Å². The number of carbonyl (C=O) groups is 2. The van der Waals surface area contributed by atoms with E-state index in [4.69, 9.17) is 11.5 Å². The number of carbonyl (C=O) groups excluding carboxylic acids is 2. The molecule has 0 aliphatic heterocycles. The second-order valence-corrected chi connectivity index (χ2v) is 8.02. The minimum absolute atomic E-state index is 0.428. The summed E-state index contributed by atoms with van der Waals surface area (Å²) >= 11 is 0. The van der Waals surface area contributed by atoms with E-state index < -0.39 is 11.8 Å². The van der Waals surface area contributed by atoms with Gasteiger partial charge in [-0.05, 0) is 54.3 Å². The summed E-state index contributed by atoms with van der Waals surface area (Å²) in [5.74, 6) is -0.867. The Morgan fingerprint density at radius 1 is 0.839 bits per heavy atom. The largest absolute Gasteiger partial charge is 0.366 e. The Morgan fingerprint density at radius 2 is 1.58 bits per heavy atom. The average Bonchev–Trinajstić information content (AvgIpc) is 3.07. The highest BCUT2D eigenvalue weighted by atomic mass is 16.1. The monoisotopic (exact) mass is 413 g/mol. The first-order valence-corrected chi connectivity index (χ1v) is 10.7. The van der Waals surface area contributed by atoms with Crippen LogP contribution < -0.4 is 11.5 Å². The van der Waals surface area contributed by atoms with Crippen molar-refractivity contribution in [2.45, 2.75) is 39.2 Å². The predicted octanol–water partition coefficient (Wildman–Crippen LogP) is 4.77. The molecule has 0 fully saturated rings. The fourth-order valence-electron chi connectivity index (χ4n) is 4.26. The predicted molar refractivity (Wildman–Crippen MR) is 125 cm³/mol. The normalized spacial score (nSPS) is 11.3. The van der Waals surface area contributed by atoms with Gasteiger partial charge >= 0.3 is 0 Å². The van der Waals surface area contributed by atoms with E-state index in [-0.39, 0.29) is 0 Å². The third-order valence-electron chi connectivity index (χ3n) is 5.87. The number of aryl methyl sites for hydroxylation is 1. The van der Waals surface area contributed by atoms with Crippen LogP contribution >= 0.6 is 0 Å². The van der Waals surface area contributed by atoms with Crippen molar-refractivity contribution in [3.8, 4) is 0 Å². The molecule has 0 aliphatic rings. The molecule has 4 N–H and O–H groups in total. The summed E-state index contributed by atoms with van der Waals surface area (Å²) in [6, 6.07) is 19.5. The molecule has 158 valence electrons. The van der Waals surface area contributed by atoms with Gasteiger partial charge in [0.15, 0.2) is 0 Å². The summed E-state index contributed by atoms with van der Waals surface area (Å²) in [6.07, 6.45) is 4.58. The van der Waals surface area contributed by atoms with E-state index in [0.717, 1.165) is 40.2 Å². The van der Waals surface area contributed by atoms with Crippen molar-refractivity contribution >= 4 is 33.6 Å². The zero-order valence-electron chi connectivity index (χ0n) is 17.7. The lowest BCUT2D eigenvalue weighted by Gasteiger charge is -2.10. The highest BCUT2D eigenvalue weighted by Gasteiger charge is 2.17. The van der Waals surface area contributed by atoms with Gasteiger partial charge in [-0.3, -0.25) is 9.59 Å². The van der Waals surface area contributed by atoms with Gasteiger partial charge in [-0.1, -0.05) is 50.1 Å². The molecule has 4 rings (SSSR count). The third-order valence-corrected chi connectivity index (χ3v) is 5.87. The first kappa shape index (κ1) is 20.7. The second-order valence-electron chi connectivity index (χ2n) is 8.02. The number of nitrogens with zero attached hydrogens (tertiary/aromatic N) is 1. The molecular formula is C26H27N3O2. The Bertz CT molecular complexity index is 1270.